The molecule has 2 aromatic rings. The lowest BCUT2D eigenvalue weighted by Gasteiger charge is -2.33. The number of hydrogen-bond acceptors (Lipinski definition) is 2. The molecule has 2 heterocycles. The summed E-state index contributed by atoms with van der Waals surface area (Å²) in [4.78, 5) is 16.9. The zero-order valence-corrected chi connectivity index (χ0v) is 15.2. The molecule has 1 N–H and O–H groups in total. The molecule has 0 aromatic carbocycles. The highest BCUT2D eigenvalue weighted by atomic mass is 16.1. The molecule has 4 nitrogen and oxygen atoms in total. The first-order chi connectivity index (χ1) is 10.6. The number of pyridine rings is 1. The van der Waals surface area contributed by atoms with E-state index < -0.39 is 0 Å². The van der Waals surface area contributed by atoms with Crippen LogP contribution in [0.15, 0.2) is 24.4 Å². The zero-order valence-electron chi connectivity index (χ0n) is 15.2. The Balaban J connectivity index is 2.00. The normalized spacial score (nSPS) is 12.6. The Morgan fingerprint density at radius 2 is 1.91 bits per heavy atom. The van der Waals surface area contributed by atoms with Crippen LogP contribution in [-0.4, -0.2) is 20.8 Å². The maximum absolute atomic E-state index is 12.3. The lowest BCUT2D eigenvalue weighted by Crippen LogP contribution is -2.45. The van der Waals surface area contributed by atoms with Gasteiger partial charge in [-0.3, -0.25) is 4.79 Å². The van der Waals surface area contributed by atoms with Gasteiger partial charge in [0.15, 0.2) is 0 Å². The van der Waals surface area contributed by atoms with Crippen molar-refractivity contribution in [3.63, 3.8) is 0 Å². The minimum absolute atomic E-state index is 0.101. The van der Waals surface area contributed by atoms with Crippen LogP contribution in [0.1, 0.15) is 58.8 Å². The van der Waals surface area contributed by atoms with Gasteiger partial charge in [0.05, 0.1) is 5.69 Å². The number of aromatic nitrogens is 2. The molecule has 0 aliphatic carbocycles. The van der Waals surface area contributed by atoms with E-state index in [1.54, 1.807) is 0 Å². The van der Waals surface area contributed by atoms with E-state index in [4.69, 9.17) is 0 Å². The Hall–Kier alpha value is -1.84. The van der Waals surface area contributed by atoms with Gasteiger partial charge in [0.25, 0.3) is 0 Å². The molecule has 0 radical (unpaired) electrons. The number of imidazole rings is 1. The molecule has 0 saturated carbocycles. The van der Waals surface area contributed by atoms with Gasteiger partial charge < -0.3 is 9.72 Å². The van der Waals surface area contributed by atoms with Crippen molar-refractivity contribution in [2.75, 3.05) is 0 Å². The van der Waals surface area contributed by atoms with Crippen LogP contribution in [0.2, 0.25) is 0 Å². The Morgan fingerprint density at radius 3 is 2.57 bits per heavy atom. The lowest BCUT2D eigenvalue weighted by molar-refractivity contribution is -0.122. The van der Waals surface area contributed by atoms with Gasteiger partial charge in [0, 0.05) is 23.9 Å². The van der Waals surface area contributed by atoms with Crippen molar-refractivity contribution in [3.05, 3.63) is 35.8 Å². The molecule has 0 unspecified atom stereocenters. The number of fused-ring (bicyclic) bond motifs is 1. The largest absolute Gasteiger partial charge is 0.351 e. The van der Waals surface area contributed by atoms with Gasteiger partial charge in [-0.2, -0.15) is 0 Å². The first-order valence-electron chi connectivity index (χ1n) is 8.31. The van der Waals surface area contributed by atoms with Crippen LogP contribution >= 0.6 is 0 Å². The van der Waals surface area contributed by atoms with Crippen LogP contribution in [0.3, 0.4) is 0 Å². The number of nitrogens with one attached hydrogen (secondary N) is 1. The molecule has 0 saturated heterocycles. The molecular formula is C19H29N3O. The van der Waals surface area contributed by atoms with Crippen LogP contribution in [0, 0.1) is 12.3 Å². The quantitative estimate of drug-likeness (QED) is 0.909. The first kappa shape index (κ1) is 17.5. The second-order valence-corrected chi connectivity index (χ2v) is 8.24. The van der Waals surface area contributed by atoms with Crippen LogP contribution in [0.25, 0.3) is 5.65 Å². The van der Waals surface area contributed by atoms with Crippen LogP contribution in [0.4, 0.5) is 0 Å². The Labute approximate surface area is 139 Å². The fourth-order valence-corrected chi connectivity index (χ4v) is 3.51. The third-order valence-corrected chi connectivity index (χ3v) is 3.87. The predicted octanol–water partition coefficient (Wildman–Crippen LogP) is 3.91. The van der Waals surface area contributed by atoms with Crippen molar-refractivity contribution < 1.29 is 4.79 Å². The molecule has 1 amide bonds. The maximum Gasteiger partial charge on any atom is 0.220 e. The second kappa shape index (κ2) is 6.34. The van der Waals surface area contributed by atoms with E-state index in [0.29, 0.717) is 12.8 Å². The molecule has 0 spiro atoms. The number of hydrogen-bond donors (Lipinski definition) is 1. The van der Waals surface area contributed by atoms with E-state index >= 15 is 0 Å². The van der Waals surface area contributed by atoms with Crippen molar-refractivity contribution in [2.24, 2.45) is 5.41 Å². The highest BCUT2D eigenvalue weighted by molar-refractivity contribution is 5.77. The van der Waals surface area contributed by atoms with Crippen LogP contribution in [-0.2, 0) is 11.2 Å². The molecule has 23 heavy (non-hydrogen) atoms. The molecule has 126 valence electrons. The highest BCUT2D eigenvalue weighted by Gasteiger charge is 2.26. The maximum atomic E-state index is 12.3. The first-order valence-corrected chi connectivity index (χ1v) is 8.31. The number of carbonyl (C=O) groups excluding carboxylic acids is 1. The van der Waals surface area contributed by atoms with E-state index in [0.717, 1.165) is 23.5 Å². The van der Waals surface area contributed by atoms with Crippen molar-refractivity contribution in [1.82, 2.24) is 14.7 Å². The molecule has 0 aliphatic rings. The van der Waals surface area contributed by atoms with E-state index in [9.17, 15) is 4.79 Å². The Kier molecular flexibility index (Phi) is 4.83. The molecule has 4 heteroatoms. The summed E-state index contributed by atoms with van der Waals surface area (Å²) in [5.41, 5.74) is 3.05. The summed E-state index contributed by atoms with van der Waals surface area (Å²) in [5.74, 6) is 0.101. The van der Waals surface area contributed by atoms with E-state index in [2.05, 4.69) is 49.3 Å². The zero-order chi connectivity index (χ0) is 17.3. The SMILES string of the molecule is Cc1nc2ccccn2c1CCC(=O)NC(C)(C)CC(C)(C)C. The molecule has 0 aliphatic heterocycles. The number of nitrogens with zero attached hydrogens (tertiary/aromatic N) is 2. The Bertz CT molecular complexity index is 692. The molecule has 0 atom stereocenters. The third-order valence-electron chi connectivity index (χ3n) is 3.87. The lowest BCUT2D eigenvalue weighted by atomic mass is 9.82. The number of rotatable bonds is 5. The molecule has 0 bridgehead atoms. The molecule has 0 fully saturated rings. The number of carbonyl (C=O) groups is 1. The van der Waals surface area contributed by atoms with Gasteiger partial charge in [-0.25, -0.2) is 4.98 Å². The van der Waals surface area contributed by atoms with Gasteiger partial charge in [0.2, 0.25) is 5.91 Å². The van der Waals surface area contributed by atoms with E-state index in [1.807, 2.05) is 31.3 Å². The summed E-state index contributed by atoms with van der Waals surface area (Å²) in [6.07, 6.45) is 4.14. The van der Waals surface area contributed by atoms with Gasteiger partial charge in [-0.15, -0.1) is 0 Å². The smallest absolute Gasteiger partial charge is 0.220 e. The topological polar surface area (TPSA) is 46.4 Å². The minimum atomic E-state index is -0.191. The van der Waals surface area contributed by atoms with Crippen molar-refractivity contribution in [3.8, 4) is 0 Å². The van der Waals surface area contributed by atoms with Gasteiger partial charge in [-0.05, 0) is 51.2 Å². The summed E-state index contributed by atoms with van der Waals surface area (Å²) in [5, 5.41) is 3.17. The number of aryl methyl sites for hydroxylation is 2. The average molecular weight is 315 g/mol. The molecule has 2 rings (SSSR count). The minimum Gasteiger partial charge on any atom is -0.351 e. The van der Waals surface area contributed by atoms with E-state index in [-0.39, 0.29) is 16.9 Å². The summed E-state index contributed by atoms with van der Waals surface area (Å²) in [6.45, 7) is 12.8. The summed E-state index contributed by atoms with van der Waals surface area (Å²) in [7, 11) is 0. The fourth-order valence-electron chi connectivity index (χ4n) is 3.51. The number of amides is 1. The second-order valence-electron chi connectivity index (χ2n) is 8.24. The van der Waals surface area contributed by atoms with Gasteiger partial charge in [-0.1, -0.05) is 26.8 Å². The highest BCUT2D eigenvalue weighted by Crippen LogP contribution is 2.26. The molecule has 2 aromatic heterocycles. The van der Waals surface area contributed by atoms with Gasteiger partial charge >= 0.3 is 0 Å². The Morgan fingerprint density at radius 1 is 1.22 bits per heavy atom. The third kappa shape index (κ3) is 4.81. The fraction of sp³-hybridized carbons (Fsp3) is 0.579. The van der Waals surface area contributed by atoms with Crippen molar-refractivity contribution in [1.29, 1.82) is 0 Å². The van der Waals surface area contributed by atoms with Crippen LogP contribution < -0.4 is 5.32 Å². The summed E-state index contributed by atoms with van der Waals surface area (Å²) < 4.78 is 2.07. The molecular weight excluding hydrogens is 286 g/mol. The van der Waals surface area contributed by atoms with E-state index in [1.165, 1.54) is 0 Å². The summed E-state index contributed by atoms with van der Waals surface area (Å²) in [6, 6.07) is 5.96. The summed E-state index contributed by atoms with van der Waals surface area (Å²) >= 11 is 0. The van der Waals surface area contributed by atoms with Crippen molar-refractivity contribution in [2.45, 2.75) is 66.3 Å². The average Bonchev–Trinajstić information content (AvgIpc) is 2.68. The standard InChI is InChI=1S/C19H29N3O/c1-14-15(22-12-8-7-9-16(22)20-14)10-11-17(23)21-19(5,6)13-18(2,3)4/h7-9,12H,10-11,13H2,1-6H3,(H,21,23). The van der Waals surface area contributed by atoms with Crippen LogP contribution in [0.5, 0.6) is 0 Å². The van der Waals surface area contributed by atoms with Crippen molar-refractivity contribution >= 4 is 11.6 Å². The predicted molar refractivity (Wildman–Crippen MR) is 94.5 cm³/mol. The monoisotopic (exact) mass is 315 g/mol. The van der Waals surface area contributed by atoms with Gasteiger partial charge in [0.1, 0.15) is 5.65 Å².